The highest BCUT2D eigenvalue weighted by atomic mass is 32.2. The molecule has 3 heteroatoms. The van der Waals surface area contributed by atoms with Crippen molar-refractivity contribution in [3.8, 4) is 0 Å². The van der Waals surface area contributed by atoms with Gasteiger partial charge in [0.25, 0.3) is 0 Å². The maximum atomic E-state index is 12.5. The molecule has 0 N–H and O–H groups in total. The van der Waals surface area contributed by atoms with Crippen LogP contribution >= 0.6 is 0 Å². The number of nitrogens with zero attached hydrogens (tertiary/aromatic N) is 1. The summed E-state index contributed by atoms with van der Waals surface area (Å²) in [4.78, 5) is 0.765. The lowest BCUT2D eigenvalue weighted by atomic mass is 10.2. The molecule has 2 aromatic carbocycles. The normalized spacial score (nSPS) is 14.0. The molecule has 0 saturated heterocycles. The van der Waals surface area contributed by atoms with E-state index >= 15 is 0 Å². The van der Waals surface area contributed by atoms with Gasteiger partial charge in [0, 0.05) is 11.2 Å². The fourth-order valence-corrected chi connectivity index (χ4v) is 2.89. The van der Waals surface area contributed by atoms with Crippen molar-refractivity contribution in [3.05, 3.63) is 60.2 Å². The predicted molar refractivity (Wildman–Crippen MR) is 72.0 cm³/mol. The molecular weight excluding hydrogens is 230 g/mol. The van der Waals surface area contributed by atoms with E-state index in [2.05, 4.69) is 4.36 Å². The fraction of sp³-hybridized carbons (Fsp3) is 0.143. The summed E-state index contributed by atoms with van der Waals surface area (Å²) in [6.07, 6.45) is 1.67. The molecule has 0 aromatic heterocycles. The van der Waals surface area contributed by atoms with Crippen LogP contribution in [0.3, 0.4) is 0 Å². The molecule has 1 atom stereocenters. The molecule has 0 fully saturated rings. The van der Waals surface area contributed by atoms with Crippen LogP contribution < -0.4 is 0 Å². The van der Waals surface area contributed by atoms with Crippen LogP contribution in [-0.4, -0.2) is 10.5 Å². The Kier molecular flexibility index (Phi) is 3.29. The Bertz CT molecular complexity index is 626. The molecule has 0 amide bonds. The first-order valence-electron chi connectivity index (χ1n) is 5.42. The van der Waals surface area contributed by atoms with Crippen LogP contribution in [0.4, 0.5) is 5.69 Å². The third kappa shape index (κ3) is 2.94. The summed E-state index contributed by atoms with van der Waals surface area (Å²) in [5.74, 6) is 0. The lowest BCUT2D eigenvalue weighted by molar-refractivity contribution is 0.681. The molecule has 17 heavy (non-hydrogen) atoms. The van der Waals surface area contributed by atoms with Gasteiger partial charge in [-0.1, -0.05) is 30.3 Å². The summed E-state index contributed by atoms with van der Waals surface area (Å²) in [7, 11) is -2.36. The van der Waals surface area contributed by atoms with Crippen molar-refractivity contribution in [1.82, 2.24) is 0 Å². The molecule has 88 valence electrons. The van der Waals surface area contributed by atoms with Gasteiger partial charge in [0.15, 0.2) is 0 Å². The number of benzene rings is 2. The van der Waals surface area contributed by atoms with Crippen molar-refractivity contribution in [2.75, 3.05) is 6.26 Å². The summed E-state index contributed by atoms with van der Waals surface area (Å²) in [6, 6.07) is 17.1. The van der Waals surface area contributed by atoms with Crippen LogP contribution in [0, 0.1) is 6.92 Å². The van der Waals surface area contributed by atoms with E-state index in [1.165, 1.54) is 0 Å². The van der Waals surface area contributed by atoms with Crippen molar-refractivity contribution in [2.24, 2.45) is 4.36 Å². The van der Waals surface area contributed by atoms with E-state index in [0.717, 1.165) is 16.1 Å². The largest absolute Gasteiger partial charge is 0.245 e. The van der Waals surface area contributed by atoms with Crippen LogP contribution in [0.2, 0.25) is 0 Å². The predicted octanol–water partition coefficient (Wildman–Crippen LogP) is 3.78. The lowest BCUT2D eigenvalue weighted by Gasteiger charge is -2.04. The summed E-state index contributed by atoms with van der Waals surface area (Å²) in [6.45, 7) is 2.00. The Balaban J connectivity index is 2.49. The first-order valence-corrected chi connectivity index (χ1v) is 7.34. The van der Waals surface area contributed by atoms with Crippen LogP contribution in [0.5, 0.6) is 0 Å². The number of hydrogen-bond acceptors (Lipinski definition) is 2. The van der Waals surface area contributed by atoms with Gasteiger partial charge in [0.05, 0.1) is 15.4 Å². The fourth-order valence-electron chi connectivity index (χ4n) is 1.61. The van der Waals surface area contributed by atoms with E-state index < -0.39 is 9.73 Å². The molecule has 0 aliphatic heterocycles. The number of hydrogen-bond donors (Lipinski definition) is 0. The highest BCUT2D eigenvalue weighted by Crippen LogP contribution is 2.20. The molecule has 2 aromatic rings. The average molecular weight is 245 g/mol. The van der Waals surface area contributed by atoms with Gasteiger partial charge in [-0.25, -0.2) is 4.21 Å². The van der Waals surface area contributed by atoms with Gasteiger partial charge >= 0.3 is 0 Å². The Hall–Kier alpha value is -1.61. The van der Waals surface area contributed by atoms with E-state index in [9.17, 15) is 4.21 Å². The summed E-state index contributed by atoms with van der Waals surface area (Å²) in [5, 5.41) is 0. The molecular formula is C14H15NOS. The van der Waals surface area contributed by atoms with Crippen molar-refractivity contribution in [2.45, 2.75) is 11.8 Å². The summed E-state index contributed by atoms with van der Waals surface area (Å²) in [5.41, 5.74) is 1.89. The Labute approximate surface area is 102 Å². The van der Waals surface area contributed by atoms with E-state index in [1.54, 1.807) is 6.26 Å². The van der Waals surface area contributed by atoms with Gasteiger partial charge in [-0.3, -0.25) is 0 Å². The van der Waals surface area contributed by atoms with Gasteiger partial charge < -0.3 is 0 Å². The Morgan fingerprint density at radius 3 is 2.35 bits per heavy atom. The number of aryl methyl sites for hydroxylation is 1. The molecule has 2 nitrogen and oxygen atoms in total. The standard InChI is InChI=1S/C14H15NOS/c1-12-7-6-8-13(11-12)15-17(2,16)14-9-4-3-5-10-14/h3-11H,1-2H3/t17-/m1/s1. The second-order valence-corrected chi connectivity index (χ2v) is 6.30. The molecule has 0 aliphatic carbocycles. The second-order valence-electron chi connectivity index (χ2n) is 4.05. The van der Waals surface area contributed by atoms with Crippen LogP contribution in [0.1, 0.15) is 5.56 Å². The number of rotatable bonds is 2. The zero-order chi connectivity index (χ0) is 12.3. The zero-order valence-electron chi connectivity index (χ0n) is 9.96. The van der Waals surface area contributed by atoms with Gasteiger partial charge in [0.2, 0.25) is 0 Å². The van der Waals surface area contributed by atoms with E-state index in [0.29, 0.717) is 0 Å². The molecule has 0 heterocycles. The van der Waals surface area contributed by atoms with Crippen LogP contribution in [-0.2, 0) is 9.73 Å². The minimum atomic E-state index is -2.36. The maximum Gasteiger partial charge on any atom is 0.0771 e. The third-order valence-corrected chi connectivity index (χ3v) is 4.17. The second kappa shape index (κ2) is 4.72. The SMILES string of the molecule is Cc1cccc(N=[S@](C)(=O)c2ccccc2)c1. The minimum absolute atomic E-state index is 0.765. The molecule has 0 aliphatic rings. The van der Waals surface area contributed by atoms with E-state index in [1.807, 2.05) is 61.5 Å². The minimum Gasteiger partial charge on any atom is -0.245 e. The van der Waals surface area contributed by atoms with Crippen molar-refractivity contribution in [1.29, 1.82) is 0 Å². The summed E-state index contributed by atoms with van der Waals surface area (Å²) >= 11 is 0. The molecule has 0 bridgehead atoms. The highest BCUT2D eigenvalue weighted by molar-refractivity contribution is 7.93. The van der Waals surface area contributed by atoms with Crippen LogP contribution in [0.25, 0.3) is 0 Å². The third-order valence-electron chi connectivity index (χ3n) is 2.46. The molecule has 0 unspecified atom stereocenters. The first kappa shape index (κ1) is 11.9. The monoisotopic (exact) mass is 245 g/mol. The lowest BCUT2D eigenvalue weighted by Crippen LogP contribution is -1.96. The van der Waals surface area contributed by atoms with E-state index in [4.69, 9.17) is 0 Å². The van der Waals surface area contributed by atoms with Gasteiger partial charge in [-0.05, 0) is 36.8 Å². The van der Waals surface area contributed by atoms with Crippen molar-refractivity contribution >= 4 is 15.4 Å². The zero-order valence-corrected chi connectivity index (χ0v) is 10.8. The highest BCUT2D eigenvalue weighted by Gasteiger charge is 2.04. The van der Waals surface area contributed by atoms with Gasteiger partial charge in [-0.15, -0.1) is 0 Å². The first-order chi connectivity index (χ1) is 8.08. The molecule has 0 saturated carbocycles. The van der Waals surface area contributed by atoms with E-state index in [-0.39, 0.29) is 0 Å². The molecule has 2 rings (SSSR count). The van der Waals surface area contributed by atoms with Crippen molar-refractivity contribution < 1.29 is 4.21 Å². The molecule has 0 radical (unpaired) electrons. The average Bonchev–Trinajstić information content (AvgIpc) is 2.29. The van der Waals surface area contributed by atoms with Gasteiger partial charge in [0.1, 0.15) is 0 Å². The molecule has 0 spiro atoms. The summed E-state index contributed by atoms with van der Waals surface area (Å²) < 4.78 is 16.9. The van der Waals surface area contributed by atoms with Crippen LogP contribution in [0.15, 0.2) is 63.9 Å². The quantitative estimate of drug-likeness (QED) is 0.791. The Morgan fingerprint density at radius 2 is 1.71 bits per heavy atom. The topological polar surface area (TPSA) is 29.4 Å². The van der Waals surface area contributed by atoms with Crippen molar-refractivity contribution in [3.63, 3.8) is 0 Å². The maximum absolute atomic E-state index is 12.5. The Morgan fingerprint density at radius 1 is 1.00 bits per heavy atom. The van der Waals surface area contributed by atoms with Gasteiger partial charge in [-0.2, -0.15) is 4.36 Å². The smallest absolute Gasteiger partial charge is 0.0771 e.